The Balaban J connectivity index is 0.00000320. The molecule has 0 radical (unpaired) electrons. The van der Waals surface area contributed by atoms with E-state index >= 15 is 0 Å². The van der Waals surface area contributed by atoms with E-state index in [4.69, 9.17) is 14.6 Å². The molecule has 0 aliphatic rings. The molecule has 4 nitrogen and oxygen atoms in total. The fraction of sp³-hybridized carbons (Fsp3) is 0.217. The van der Waals surface area contributed by atoms with Gasteiger partial charge in [0.15, 0.2) is 11.5 Å². The van der Waals surface area contributed by atoms with E-state index in [0.717, 1.165) is 16.7 Å². The second-order valence-corrected chi connectivity index (χ2v) is 6.51. The molecule has 0 heterocycles. The van der Waals surface area contributed by atoms with E-state index in [0.29, 0.717) is 24.6 Å². The predicted molar refractivity (Wildman–Crippen MR) is 114 cm³/mol. The second kappa shape index (κ2) is 12.1. The lowest BCUT2D eigenvalue weighted by atomic mass is 10.2. The predicted octanol–water partition coefficient (Wildman–Crippen LogP) is 4.63. The van der Waals surface area contributed by atoms with Crippen molar-refractivity contribution in [3.8, 4) is 11.5 Å². The first kappa shape index (κ1) is 23.6. The van der Waals surface area contributed by atoms with Crippen LogP contribution < -0.4 is 14.8 Å². The first-order chi connectivity index (χ1) is 14.1. The fourth-order valence-electron chi connectivity index (χ4n) is 2.69. The van der Waals surface area contributed by atoms with Crippen molar-refractivity contribution in [3.63, 3.8) is 0 Å². The summed E-state index contributed by atoms with van der Waals surface area (Å²) in [6, 6.07) is 17.8. The van der Waals surface area contributed by atoms with Crippen molar-refractivity contribution in [1.29, 1.82) is 0 Å². The van der Waals surface area contributed by atoms with Crippen LogP contribution in [0.5, 0.6) is 11.5 Å². The molecule has 160 valence electrons. The van der Waals surface area contributed by atoms with Gasteiger partial charge >= 0.3 is 0 Å². The Morgan fingerprint density at radius 3 is 1.73 bits per heavy atom. The zero-order chi connectivity index (χ0) is 20.5. The Labute approximate surface area is 180 Å². The first-order valence-corrected chi connectivity index (χ1v) is 9.33. The fourth-order valence-corrected chi connectivity index (χ4v) is 2.69. The van der Waals surface area contributed by atoms with Crippen molar-refractivity contribution >= 4 is 12.4 Å². The van der Waals surface area contributed by atoms with Crippen LogP contribution in [-0.2, 0) is 19.8 Å². The zero-order valence-electron chi connectivity index (χ0n) is 16.3. The van der Waals surface area contributed by atoms with Gasteiger partial charge in [0.2, 0.25) is 0 Å². The van der Waals surface area contributed by atoms with E-state index in [1.54, 1.807) is 24.3 Å². The molecule has 2 N–H and O–H groups in total. The number of rotatable bonds is 10. The summed E-state index contributed by atoms with van der Waals surface area (Å²) in [5.41, 5.74) is 2.64. The lowest BCUT2D eigenvalue weighted by Crippen LogP contribution is -2.17. The Hall–Kier alpha value is -2.67. The van der Waals surface area contributed by atoms with E-state index < -0.39 is 0 Å². The van der Waals surface area contributed by atoms with Crippen LogP contribution in [0.4, 0.5) is 8.78 Å². The molecule has 0 aliphatic carbocycles. The Morgan fingerprint density at radius 2 is 1.20 bits per heavy atom. The summed E-state index contributed by atoms with van der Waals surface area (Å²) < 4.78 is 38.0. The van der Waals surface area contributed by atoms with Crippen LogP contribution in [0.25, 0.3) is 0 Å². The van der Waals surface area contributed by atoms with Gasteiger partial charge in [0, 0.05) is 13.1 Å². The Bertz CT molecular complexity index is 905. The zero-order valence-corrected chi connectivity index (χ0v) is 17.1. The number of aliphatic hydroxyl groups excluding tert-OH is 1. The molecule has 0 fully saturated rings. The van der Waals surface area contributed by atoms with Crippen LogP contribution in [-0.4, -0.2) is 18.3 Å². The number of nitrogens with one attached hydrogen (secondary N) is 1. The second-order valence-electron chi connectivity index (χ2n) is 6.51. The number of benzene rings is 3. The highest BCUT2D eigenvalue weighted by molar-refractivity contribution is 5.85. The van der Waals surface area contributed by atoms with Gasteiger partial charge in [-0.25, -0.2) is 8.78 Å². The van der Waals surface area contributed by atoms with E-state index in [1.807, 2.05) is 18.2 Å². The molecule has 3 rings (SSSR count). The van der Waals surface area contributed by atoms with E-state index in [-0.39, 0.29) is 43.9 Å². The van der Waals surface area contributed by atoms with Gasteiger partial charge in [-0.05, 0) is 53.1 Å². The third-order valence-corrected chi connectivity index (χ3v) is 4.24. The number of hydrogen-bond donors (Lipinski definition) is 2. The molecular weight excluding hydrogens is 412 g/mol. The van der Waals surface area contributed by atoms with Crippen molar-refractivity contribution in [2.45, 2.75) is 19.8 Å². The summed E-state index contributed by atoms with van der Waals surface area (Å²) in [5, 5.41) is 12.0. The quantitative estimate of drug-likeness (QED) is 0.456. The summed E-state index contributed by atoms with van der Waals surface area (Å²) in [6.45, 7) is 1.67. The first-order valence-electron chi connectivity index (χ1n) is 9.33. The van der Waals surface area contributed by atoms with E-state index in [1.165, 1.54) is 24.3 Å². The van der Waals surface area contributed by atoms with E-state index in [2.05, 4.69) is 5.32 Å². The topological polar surface area (TPSA) is 50.7 Å². The molecule has 0 bridgehead atoms. The standard InChI is InChI=1S/C23H23F2NO3.ClH/c24-20-6-1-17(2-7-20)15-28-22-10-5-19(14-26-11-12-27)13-23(22)29-16-18-3-8-21(25)9-4-18;/h1-10,13,26-27H,11-12,14-16H2;1H. The summed E-state index contributed by atoms with van der Waals surface area (Å²) >= 11 is 0. The minimum atomic E-state index is -0.297. The molecule has 0 amide bonds. The minimum absolute atomic E-state index is 0. The normalized spacial score (nSPS) is 10.4. The molecule has 0 spiro atoms. The van der Waals surface area contributed by atoms with Crippen molar-refractivity contribution in [3.05, 3.63) is 95.1 Å². The van der Waals surface area contributed by atoms with Gasteiger partial charge in [0.05, 0.1) is 6.61 Å². The Morgan fingerprint density at radius 1 is 0.700 bits per heavy atom. The van der Waals surface area contributed by atoms with Gasteiger partial charge in [0.1, 0.15) is 24.8 Å². The van der Waals surface area contributed by atoms with E-state index in [9.17, 15) is 8.78 Å². The number of halogens is 3. The smallest absolute Gasteiger partial charge is 0.162 e. The molecular formula is C23H24ClF2NO3. The summed E-state index contributed by atoms with van der Waals surface area (Å²) in [6.07, 6.45) is 0. The average molecular weight is 436 g/mol. The highest BCUT2D eigenvalue weighted by atomic mass is 35.5. The minimum Gasteiger partial charge on any atom is -0.485 e. The summed E-state index contributed by atoms with van der Waals surface area (Å²) in [5.74, 6) is 0.521. The van der Waals surface area contributed by atoms with Crippen molar-refractivity contribution < 1.29 is 23.4 Å². The summed E-state index contributed by atoms with van der Waals surface area (Å²) in [7, 11) is 0. The Kier molecular flexibility index (Phi) is 9.54. The molecule has 0 aromatic heterocycles. The van der Waals surface area contributed by atoms with Crippen LogP contribution in [0.1, 0.15) is 16.7 Å². The van der Waals surface area contributed by atoms with Crippen LogP contribution in [0, 0.1) is 11.6 Å². The van der Waals surface area contributed by atoms with Gasteiger partial charge in [-0.15, -0.1) is 12.4 Å². The van der Waals surface area contributed by atoms with Crippen molar-refractivity contribution in [2.75, 3.05) is 13.2 Å². The third kappa shape index (κ3) is 7.30. The lowest BCUT2D eigenvalue weighted by Gasteiger charge is -2.15. The molecule has 0 aliphatic heterocycles. The monoisotopic (exact) mass is 435 g/mol. The SMILES string of the molecule is Cl.OCCNCc1ccc(OCc2ccc(F)cc2)c(OCc2ccc(F)cc2)c1. The van der Waals surface area contributed by atoms with Crippen LogP contribution in [0.2, 0.25) is 0 Å². The highest BCUT2D eigenvalue weighted by Crippen LogP contribution is 2.30. The maximum absolute atomic E-state index is 13.1. The van der Waals surface area contributed by atoms with Gasteiger partial charge in [-0.1, -0.05) is 30.3 Å². The summed E-state index contributed by atoms with van der Waals surface area (Å²) in [4.78, 5) is 0. The van der Waals surface area contributed by atoms with Gasteiger partial charge < -0.3 is 19.9 Å². The van der Waals surface area contributed by atoms with Gasteiger partial charge in [-0.2, -0.15) is 0 Å². The molecule has 0 saturated carbocycles. The van der Waals surface area contributed by atoms with Crippen molar-refractivity contribution in [2.24, 2.45) is 0 Å². The van der Waals surface area contributed by atoms with Crippen LogP contribution in [0.15, 0.2) is 66.7 Å². The molecule has 0 saturated heterocycles. The molecule has 0 atom stereocenters. The number of ether oxygens (including phenoxy) is 2. The maximum atomic E-state index is 13.1. The number of hydrogen-bond acceptors (Lipinski definition) is 4. The average Bonchev–Trinajstić information content (AvgIpc) is 2.74. The molecule has 3 aromatic carbocycles. The molecule has 0 unspecified atom stereocenters. The molecule has 30 heavy (non-hydrogen) atoms. The van der Waals surface area contributed by atoms with Gasteiger partial charge in [0.25, 0.3) is 0 Å². The third-order valence-electron chi connectivity index (χ3n) is 4.24. The molecule has 3 aromatic rings. The molecule has 7 heteroatoms. The highest BCUT2D eigenvalue weighted by Gasteiger charge is 2.09. The largest absolute Gasteiger partial charge is 0.485 e. The maximum Gasteiger partial charge on any atom is 0.162 e. The van der Waals surface area contributed by atoms with Crippen LogP contribution in [0.3, 0.4) is 0 Å². The van der Waals surface area contributed by atoms with Gasteiger partial charge in [-0.3, -0.25) is 0 Å². The lowest BCUT2D eigenvalue weighted by molar-refractivity contribution is 0.255. The van der Waals surface area contributed by atoms with Crippen molar-refractivity contribution in [1.82, 2.24) is 5.32 Å². The van der Waals surface area contributed by atoms with Crippen LogP contribution >= 0.6 is 12.4 Å². The number of aliphatic hydroxyl groups is 1.